The van der Waals surface area contributed by atoms with Crippen LogP contribution in [0.4, 0.5) is 18.9 Å². The number of amides is 1. The lowest BCUT2D eigenvalue weighted by molar-refractivity contribution is -0.137. The summed E-state index contributed by atoms with van der Waals surface area (Å²) in [6, 6.07) is 11.3. The number of halogens is 3. The summed E-state index contributed by atoms with van der Waals surface area (Å²) in [5.41, 5.74) is -0.233. The number of pyridine rings is 1. The van der Waals surface area contributed by atoms with Gasteiger partial charge in [-0.2, -0.15) is 18.3 Å². The van der Waals surface area contributed by atoms with E-state index >= 15 is 0 Å². The number of hydrogen-bond acceptors (Lipinski definition) is 5. The number of hydrogen-bond donors (Lipinski definition) is 1. The van der Waals surface area contributed by atoms with Crippen LogP contribution in [-0.2, 0) is 6.18 Å². The van der Waals surface area contributed by atoms with Crippen LogP contribution in [0, 0.1) is 0 Å². The second-order valence-electron chi connectivity index (χ2n) is 6.20. The van der Waals surface area contributed by atoms with Crippen molar-refractivity contribution in [1.29, 1.82) is 0 Å². The fraction of sp³-hybridized carbons (Fsp3) is 0.100. The van der Waals surface area contributed by atoms with Crippen LogP contribution >= 0.6 is 0 Å². The molecule has 3 aromatic heterocycles. The predicted octanol–water partition coefficient (Wildman–Crippen LogP) is 4.07. The van der Waals surface area contributed by atoms with Gasteiger partial charge in [0.05, 0.1) is 24.6 Å². The van der Waals surface area contributed by atoms with E-state index in [-0.39, 0.29) is 34.2 Å². The molecule has 4 rings (SSSR count). The summed E-state index contributed by atoms with van der Waals surface area (Å²) in [5, 5.41) is 6.71. The van der Waals surface area contributed by atoms with Gasteiger partial charge in [-0.3, -0.25) is 4.79 Å². The number of alkyl halides is 3. The van der Waals surface area contributed by atoms with E-state index in [1.807, 2.05) is 0 Å². The van der Waals surface area contributed by atoms with Gasteiger partial charge in [-0.1, -0.05) is 24.3 Å². The van der Waals surface area contributed by atoms with Crippen molar-refractivity contribution in [2.24, 2.45) is 0 Å². The van der Waals surface area contributed by atoms with Crippen molar-refractivity contribution in [3.8, 4) is 17.1 Å². The first kappa shape index (κ1) is 19.4. The Morgan fingerprint density at radius 3 is 2.63 bits per heavy atom. The molecule has 0 aliphatic heterocycles. The Hall–Kier alpha value is -3.95. The first-order valence-corrected chi connectivity index (χ1v) is 8.70. The predicted molar refractivity (Wildman–Crippen MR) is 102 cm³/mol. The molecule has 7 nitrogen and oxygen atoms in total. The second-order valence-corrected chi connectivity index (χ2v) is 6.20. The Kier molecular flexibility index (Phi) is 4.82. The minimum Gasteiger partial charge on any atom is -0.481 e. The summed E-state index contributed by atoms with van der Waals surface area (Å²) in [6.45, 7) is 0. The molecular weight excluding hydrogens is 399 g/mol. The Morgan fingerprint density at radius 1 is 1.07 bits per heavy atom. The summed E-state index contributed by atoms with van der Waals surface area (Å²) >= 11 is 0. The number of carbonyl (C=O) groups is 1. The molecule has 0 spiro atoms. The zero-order valence-corrected chi connectivity index (χ0v) is 15.5. The second kappa shape index (κ2) is 7.47. The Balaban J connectivity index is 1.72. The van der Waals surface area contributed by atoms with Gasteiger partial charge in [-0.25, -0.2) is 14.5 Å². The maximum Gasteiger partial charge on any atom is 0.417 e. The molecule has 0 saturated carbocycles. The third-order valence-electron chi connectivity index (χ3n) is 4.29. The summed E-state index contributed by atoms with van der Waals surface area (Å²) in [7, 11) is 1.43. The van der Waals surface area contributed by atoms with Gasteiger partial charge < -0.3 is 10.1 Å². The molecule has 0 atom stereocenters. The van der Waals surface area contributed by atoms with Crippen LogP contribution in [0.25, 0.3) is 16.9 Å². The fourth-order valence-corrected chi connectivity index (χ4v) is 2.90. The van der Waals surface area contributed by atoms with Crippen LogP contribution in [0.2, 0.25) is 0 Å². The van der Waals surface area contributed by atoms with Crippen molar-refractivity contribution in [2.75, 3.05) is 12.4 Å². The smallest absolute Gasteiger partial charge is 0.417 e. The fourth-order valence-electron chi connectivity index (χ4n) is 2.90. The number of rotatable bonds is 4. The molecule has 0 aliphatic carbocycles. The molecule has 1 aromatic carbocycles. The number of nitrogens with zero attached hydrogens (tertiary/aromatic N) is 4. The Labute approximate surface area is 168 Å². The monoisotopic (exact) mass is 413 g/mol. The summed E-state index contributed by atoms with van der Waals surface area (Å²) in [5.74, 6) is -0.265. The van der Waals surface area contributed by atoms with Gasteiger partial charge in [0.2, 0.25) is 5.88 Å². The van der Waals surface area contributed by atoms with Gasteiger partial charge in [0.15, 0.2) is 5.65 Å². The number of methoxy groups -OCH3 is 1. The normalized spacial score (nSPS) is 11.5. The van der Waals surface area contributed by atoms with Gasteiger partial charge in [0.1, 0.15) is 11.4 Å². The molecule has 0 fully saturated rings. The standard InChI is InChI=1S/C20H14F3N5O2/c1-30-17-8-4-7-15(25-17)19(29)27-16-11-24-28-10-9-14(26-18(16)28)12-5-2-3-6-13(12)20(21,22)23/h2-11H,1H3,(H,27,29). The van der Waals surface area contributed by atoms with E-state index in [9.17, 15) is 18.0 Å². The molecule has 0 aliphatic rings. The van der Waals surface area contributed by atoms with E-state index in [1.54, 1.807) is 12.1 Å². The molecule has 0 unspecified atom stereocenters. The van der Waals surface area contributed by atoms with Crippen LogP contribution < -0.4 is 10.1 Å². The van der Waals surface area contributed by atoms with Gasteiger partial charge in [-0.15, -0.1) is 0 Å². The number of carbonyl (C=O) groups excluding carboxylic acids is 1. The van der Waals surface area contributed by atoms with Crippen LogP contribution in [0.3, 0.4) is 0 Å². The SMILES string of the molecule is COc1cccc(C(=O)Nc2cnn3ccc(-c4ccccc4C(F)(F)F)nc23)n1. The van der Waals surface area contributed by atoms with Gasteiger partial charge in [0, 0.05) is 17.8 Å². The molecule has 4 aromatic rings. The maximum atomic E-state index is 13.4. The average molecular weight is 413 g/mol. The highest BCUT2D eigenvalue weighted by Gasteiger charge is 2.33. The van der Waals surface area contributed by atoms with Crippen molar-refractivity contribution in [3.05, 3.63) is 72.2 Å². The van der Waals surface area contributed by atoms with Crippen molar-refractivity contribution >= 4 is 17.2 Å². The largest absolute Gasteiger partial charge is 0.481 e. The number of fused-ring (bicyclic) bond motifs is 1. The summed E-state index contributed by atoms with van der Waals surface area (Å²) in [4.78, 5) is 20.9. The maximum absolute atomic E-state index is 13.4. The summed E-state index contributed by atoms with van der Waals surface area (Å²) < 4.78 is 46.5. The highest BCUT2D eigenvalue weighted by atomic mass is 19.4. The number of nitrogens with one attached hydrogen (secondary N) is 1. The molecular formula is C20H14F3N5O2. The van der Waals surface area contributed by atoms with E-state index in [1.165, 1.54) is 54.4 Å². The molecule has 152 valence electrons. The molecule has 1 N–H and O–H groups in total. The van der Waals surface area contributed by atoms with E-state index in [4.69, 9.17) is 4.74 Å². The molecule has 0 radical (unpaired) electrons. The minimum absolute atomic E-state index is 0.0690. The lowest BCUT2D eigenvalue weighted by atomic mass is 10.0. The number of benzene rings is 1. The van der Waals surface area contributed by atoms with Crippen molar-refractivity contribution in [3.63, 3.8) is 0 Å². The lowest BCUT2D eigenvalue weighted by Crippen LogP contribution is -2.14. The van der Waals surface area contributed by atoms with Crippen molar-refractivity contribution in [1.82, 2.24) is 19.6 Å². The number of anilines is 1. The van der Waals surface area contributed by atoms with Crippen LogP contribution in [0.15, 0.2) is 60.9 Å². The lowest BCUT2D eigenvalue weighted by Gasteiger charge is -2.12. The quantitative estimate of drug-likeness (QED) is 0.546. The van der Waals surface area contributed by atoms with E-state index < -0.39 is 17.6 Å². The topological polar surface area (TPSA) is 81.4 Å². The van der Waals surface area contributed by atoms with Crippen LogP contribution in [0.5, 0.6) is 5.88 Å². The highest BCUT2D eigenvalue weighted by molar-refractivity contribution is 6.04. The average Bonchev–Trinajstić information content (AvgIpc) is 3.15. The third-order valence-corrected chi connectivity index (χ3v) is 4.29. The molecule has 0 bridgehead atoms. The zero-order valence-electron chi connectivity index (χ0n) is 15.5. The van der Waals surface area contributed by atoms with Crippen LogP contribution in [-0.4, -0.2) is 32.6 Å². The third kappa shape index (κ3) is 3.66. The molecule has 0 saturated heterocycles. The van der Waals surface area contributed by atoms with E-state index in [0.29, 0.717) is 0 Å². The number of aromatic nitrogens is 4. The minimum atomic E-state index is -4.53. The Morgan fingerprint density at radius 2 is 1.87 bits per heavy atom. The first-order valence-electron chi connectivity index (χ1n) is 8.70. The first-order chi connectivity index (χ1) is 14.4. The number of ether oxygens (including phenoxy) is 1. The van der Waals surface area contributed by atoms with Crippen LogP contribution in [0.1, 0.15) is 16.1 Å². The van der Waals surface area contributed by atoms with Gasteiger partial charge in [0.25, 0.3) is 5.91 Å². The van der Waals surface area contributed by atoms with Crippen molar-refractivity contribution in [2.45, 2.75) is 6.18 Å². The van der Waals surface area contributed by atoms with Crippen molar-refractivity contribution < 1.29 is 22.7 Å². The molecule has 3 heterocycles. The Bertz CT molecular complexity index is 1240. The molecule has 30 heavy (non-hydrogen) atoms. The highest BCUT2D eigenvalue weighted by Crippen LogP contribution is 2.36. The molecule has 1 amide bonds. The zero-order chi connectivity index (χ0) is 21.3. The van der Waals surface area contributed by atoms with E-state index in [2.05, 4.69) is 20.4 Å². The van der Waals surface area contributed by atoms with Gasteiger partial charge >= 0.3 is 6.18 Å². The van der Waals surface area contributed by atoms with Gasteiger partial charge in [-0.05, 0) is 18.2 Å². The summed E-state index contributed by atoms with van der Waals surface area (Å²) in [6.07, 6.45) is -1.69. The molecule has 10 heteroatoms. The van der Waals surface area contributed by atoms with E-state index in [0.717, 1.165) is 6.07 Å².